The molecule has 114 valence electrons. The summed E-state index contributed by atoms with van der Waals surface area (Å²) in [6.07, 6.45) is 3.96. The van der Waals surface area contributed by atoms with Crippen LogP contribution in [0.1, 0.15) is 6.42 Å². The number of nitrogens with two attached hydrogens (primary N) is 1. The summed E-state index contributed by atoms with van der Waals surface area (Å²) in [4.78, 5) is 3.11. The molecule has 1 heterocycles. The quantitative estimate of drug-likeness (QED) is 0.392. The summed E-state index contributed by atoms with van der Waals surface area (Å²) >= 11 is 0. The standard InChI is InChI=1S/C14H19N3O3S/c1-2-3-7-20-8-6-17-21(18,19)14-10-16-13-5-4-11(15)9-12(13)14/h2,4-5,9-10,16-17H,1,3,6-8,15H2. The van der Waals surface area contributed by atoms with Crippen molar-refractivity contribution in [2.75, 3.05) is 25.5 Å². The molecule has 0 saturated carbocycles. The largest absolute Gasteiger partial charge is 0.399 e. The van der Waals surface area contributed by atoms with E-state index in [4.69, 9.17) is 10.5 Å². The molecule has 0 saturated heterocycles. The van der Waals surface area contributed by atoms with E-state index >= 15 is 0 Å². The van der Waals surface area contributed by atoms with Gasteiger partial charge in [0.1, 0.15) is 4.90 Å². The van der Waals surface area contributed by atoms with Crippen LogP contribution in [0, 0.1) is 0 Å². The second kappa shape index (κ2) is 6.75. The smallest absolute Gasteiger partial charge is 0.242 e. The van der Waals surface area contributed by atoms with Gasteiger partial charge in [0.25, 0.3) is 0 Å². The van der Waals surface area contributed by atoms with Crippen molar-refractivity contribution in [3.05, 3.63) is 37.1 Å². The summed E-state index contributed by atoms with van der Waals surface area (Å²) in [5.41, 5.74) is 6.95. The summed E-state index contributed by atoms with van der Waals surface area (Å²) in [6.45, 7) is 4.65. The number of ether oxygens (including phenoxy) is 1. The average molecular weight is 309 g/mol. The Balaban J connectivity index is 2.04. The zero-order valence-electron chi connectivity index (χ0n) is 11.6. The molecule has 2 aromatic rings. The Kier molecular flexibility index (Phi) is 5.00. The fraction of sp³-hybridized carbons (Fsp3) is 0.286. The number of aromatic amines is 1. The molecule has 7 heteroatoms. The third-order valence-electron chi connectivity index (χ3n) is 2.96. The molecule has 0 radical (unpaired) electrons. The minimum absolute atomic E-state index is 0.191. The van der Waals surface area contributed by atoms with E-state index in [9.17, 15) is 8.42 Å². The van der Waals surface area contributed by atoms with Gasteiger partial charge in [0.15, 0.2) is 0 Å². The third-order valence-corrected chi connectivity index (χ3v) is 4.46. The normalized spacial score (nSPS) is 11.8. The molecule has 0 aliphatic carbocycles. The molecule has 6 nitrogen and oxygen atoms in total. The van der Waals surface area contributed by atoms with Gasteiger partial charge in [-0.05, 0) is 24.6 Å². The summed E-state index contributed by atoms with van der Waals surface area (Å²) in [5.74, 6) is 0. The average Bonchev–Trinajstić information content (AvgIpc) is 2.86. The highest BCUT2D eigenvalue weighted by molar-refractivity contribution is 7.89. The Morgan fingerprint density at radius 1 is 1.38 bits per heavy atom. The van der Waals surface area contributed by atoms with Gasteiger partial charge in [-0.2, -0.15) is 0 Å². The maximum Gasteiger partial charge on any atom is 0.242 e. The fourth-order valence-electron chi connectivity index (χ4n) is 1.93. The summed E-state index contributed by atoms with van der Waals surface area (Å²) < 4.78 is 32.3. The van der Waals surface area contributed by atoms with Crippen LogP contribution in [0.3, 0.4) is 0 Å². The molecule has 0 unspecified atom stereocenters. The monoisotopic (exact) mass is 309 g/mol. The molecule has 0 aliphatic heterocycles. The van der Waals surface area contributed by atoms with Gasteiger partial charge in [0.05, 0.1) is 13.2 Å². The predicted octanol–water partition coefficient (Wildman–Crippen LogP) is 1.62. The number of sulfonamides is 1. The highest BCUT2D eigenvalue weighted by Crippen LogP contribution is 2.24. The number of fused-ring (bicyclic) bond motifs is 1. The van der Waals surface area contributed by atoms with Crippen LogP contribution in [-0.4, -0.2) is 33.2 Å². The molecule has 0 amide bonds. The molecule has 1 aromatic carbocycles. The van der Waals surface area contributed by atoms with Crippen molar-refractivity contribution in [1.82, 2.24) is 9.71 Å². The Bertz CT molecular complexity index is 722. The molecule has 21 heavy (non-hydrogen) atoms. The minimum Gasteiger partial charge on any atom is -0.399 e. The van der Waals surface area contributed by atoms with Gasteiger partial charge in [0.2, 0.25) is 10.0 Å². The van der Waals surface area contributed by atoms with Crippen molar-refractivity contribution in [1.29, 1.82) is 0 Å². The molecule has 0 atom stereocenters. The van der Waals surface area contributed by atoms with Gasteiger partial charge in [-0.15, -0.1) is 6.58 Å². The number of aromatic nitrogens is 1. The number of nitrogen functional groups attached to an aromatic ring is 1. The Labute approximate surface area is 124 Å². The summed E-state index contributed by atoms with van der Waals surface area (Å²) in [6, 6.07) is 5.11. The summed E-state index contributed by atoms with van der Waals surface area (Å²) in [5, 5.41) is 0.579. The molecule has 4 N–H and O–H groups in total. The van der Waals surface area contributed by atoms with Crippen LogP contribution in [0.2, 0.25) is 0 Å². The first kappa shape index (κ1) is 15.6. The molecule has 0 bridgehead atoms. The number of hydrogen-bond acceptors (Lipinski definition) is 4. The van der Waals surface area contributed by atoms with Crippen LogP contribution in [0.5, 0.6) is 0 Å². The van der Waals surface area contributed by atoms with Crippen LogP contribution in [0.4, 0.5) is 5.69 Å². The molecule has 1 aromatic heterocycles. The number of benzene rings is 1. The van der Waals surface area contributed by atoms with Crippen molar-refractivity contribution in [3.63, 3.8) is 0 Å². The summed E-state index contributed by atoms with van der Waals surface area (Å²) in [7, 11) is -3.59. The minimum atomic E-state index is -3.59. The van der Waals surface area contributed by atoms with E-state index in [1.807, 2.05) is 0 Å². The second-order valence-corrected chi connectivity index (χ2v) is 6.28. The lowest BCUT2D eigenvalue weighted by atomic mass is 10.2. The van der Waals surface area contributed by atoms with Crippen LogP contribution in [0.15, 0.2) is 41.9 Å². The third kappa shape index (κ3) is 3.84. The number of hydrogen-bond donors (Lipinski definition) is 3. The fourth-order valence-corrected chi connectivity index (χ4v) is 3.11. The first-order valence-electron chi connectivity index (χ1n) is 6.59. The Hall–Kier alpha value is -1.83. The highest BCUT2D eigenvalue weighted by Gasteiger charge is 2.18. The van der Waals surface area contributed by atoms with E-state index in [-0.39, 0.29) is 11.4 Å². The zero-order chi connectivity index (χ0) is 15.3. The second-order valence-electron chi connectivity index (χ2n) is 4.55. The number of rotatable bonds is 8. The lowest BCUT2D eigenvalue weighted by molar-refractivity contribution is 0.144. The maximum atomic E-state index is 12.3. The van der Waals surface area contributed by atoms with Crippen molar-refractivity contribution < 1.29 is 13.2 Å². The molecular formula is C14H19N3O3S. The SMILES string of the molecule is C=CCCOCCNS(=O)(=O)c1c[nH]c2ccc(N)cc12. The molecule has 0 spiro atoms. The molecule has 0 fully saturated rings. The molecule has 0 aliphatic rings. The van der Waals surface area contributed by atoms with Gasteiger partial charge in [-0.3, -0.25) is 0 Å². The van der Waals surface area contributed by atoms with E-state index in [0.717, 1.165) is 11.9 Å². The zero-order valence-corrected chi connectivity index (χ0v) is 12.4. The van der Waals surface area contributed by atoms with Gasteiger partial charge in [-0.1, -0.05) is 6.08 Å². The molecule has 2 rings (SSSR count). The van der Waals surface area contributed by atoms with Crippen molar-refractivity contribution in [3.8, 4) is 0 Å². The van der Waals surface area contributed by atoms with Gasteiger partial charge >= 0.3 is 0 Å². The number of nitrogens with one attached hydrogen (secondary N) is 2. The lowest BCUT2D eigenvalue weighted by Crippen LogP contribution is -2.27. The van der Waals surface area contributed by atoms with Crippen LogP contribution >= 0.6 is 0 Å². The lowest BCUT2D eigenvalue weighted by Gasteiger charge is -2.06. The van der Waals surface area contributed by atoms with E-state index < -0.39 is 10.0 Å². The highest BCUT2D eigenvalue weighted by atomic mass is 32.2. The van der Waals surface area contributed by atoms with E-state index in [1.54, 1.807) is 24.3 Å². The van der Waals surface area contributed by atoms with Gasteiger partial charge in [0, 0.05) is 29.3 Å². The number of H-pyrrole nitrogens is 1. The predicted molar refractivity (Wildman–Crippen MR) is 83.5 cm³/mol. The van der Waals surface area contributed by atoms with Crippen LogP contribution in [0.25, 0.3) is 10.9 Å². The maximum absolute atomic E-state index is 12.3. The Morgan fingerprint density at radius 2 is 2.19 bits per heavy atom. The van der Waals surface area contributed by atoms with E-state index in [0.29, 0.717) is 24.3 Å². The first-order chi connectivity index (χ1) is 10.0. The molecular weight excluding hydrogens is 290 g/mol. The van der Waals surface area contributed by atoms with Gasteiger partial charge < -0.3 is 15.5 Å². The van der Waals surface area contributed by atoms with Crippen molar-refractivity contribution >= 4 is 26.6 Å². The van der Waals surface area contributed by atoms with Crippen LogP contribution in [-0.2, 0) is 14.8 Å². The van der Waals surface area contributed by atoms with Gasteiger partial charge in [-0.25, -0.2) is 13.1 Å². The van der Waals surface area contributed by atoms with Crippen molar-refractivity contribution in [2.45, 2.75) is 11.3 Å². The number of anilines is 1. The first-order valence-corrected chi connectivity index (χ1v) is 8.08. The van der Waals surface area contributed by atoms with E-state index in [1.165, 1.54) is 6.20 Å². The van der Waals surface area contributed by atoms with Crippen molar-refractivity contribution in [2.24, 2.45) is 0 Å². The van der Waals surface area contributed by atoms with E-state index in [2.05, 4.69) is 16.3 Å². The van der Waals surface area contributed by atoms with Crippen LogP contribution < -0.4 is 10.5 Å². The Morgan fingerprint density at radius 3 is 2.95 bits per heavy atom. The topological polar surface area (TPSA) is 97.2 Å².